The van der Waals surface area contributed by atoms with E-state index in [1.165, 1.54) is 16.7 Å². The lowest BCUT2D eigenvalue weighted by Crippen LogP contribution is -2.37. The Hall–Kier alpha value is -2.62. The van der Waals surface area contributed by atoms with Crippen LogP contribution >= 0.6 is 0 Å². The second kappa shape index (κ2) is 9.46. The Labute approximate surface area is 181 Å². The molecule has 0 aliphatic carbocycles. The third-order valence-electron chi connectivity index (χ3n) is 5.56. The highest BCUT2D eigenvalue weighted by Crippen LogP contribution is 2.22. The van der Waals surface area contributed by atoms with Gasteiger partial charge in [-0.3, -0.25) is 4.90 Å². The predicted molar refractivity (Wildman–Crippen MR) is 121 cm³/mol. The van der Waals surface area contributed by atoms with E-state index >= 15 is 0 Å². The van der Waals surface area contributed by atoms with Crippen molar-refractivity contribution in [2.24, 2.45) is 0 Å². The Morgan fingerprint density at radius 3 is 2.53 bits per heavy atom. The van der Waals surface area contributed by atoms with E-state index in [1.807, 2.05) is 25.1 Å². The second-order valence-corrected chi connectivity index (χ2v) is 9.00. The lowest BCUT2D eigenvalue weighted by Gasteiger charge is -2.18. The van der Waals surface area contributed by atoms with Crippen LogP contribution in [0.5, 0.6) is 0 Å². The highest BCUT2D eigenvalue weighted by atomic mass is 32.2. The Kier molecular flexibility index (Phi) is 6.51. The zero-order valence-corrected chi connectivity index (χ0v) is 17.9. The Morgan fingerprint density at radius 1 is 1.07 bits per heavy atom. The van der Waals surface area contributed by atoms with Crippen molar-refractivity contribution in [3.05, 3.63) is 89.5 Å². The van der Waals surface area contributed by atoms with Crippen molar-refractivity contribution in [3.63, 3.8) is 0 Å². The van der Waals surface area contributed by atoms with Gasteiger partial charge in [0.15, 0.2) is 4.90 Å². The van der Waals surface area contributed by atoms with Gasteiger partial charge in [0.05, 0.1) is 29.0 Å². The predicted octanol–water partition coefficient (Wildman–Crippen LogP) is 4.42. The van der Waals surface area contributed by atoms with E-state index in [0.29, 0.717) is 10.5 Å². The fourth-order valence-corrected chi connectivity index (χ4v) is 4.87. The van der Waals surface area contributed by atoms with Crippen LogP contribution in [0.4, 0.5) is 0 Å². The SMILES string of the molecule is Cc1ccc([S+]([O-])N[C@@H]2CCN(Cc3ccc(-c4ccccc4)cc3)C2)cc1C#N. The molecule has 4 rings (SSSR count). The minimum absolute atomic E-state index is 0.182. The molecule has 0 aromatic heterocycles. The van der Waals surface area contributed by atoms with E-state index in [0.717, 1.165) is 31.6 Å². The van der Waals surface area contributed by atoms with Crippen molar-refractivity contribution >= 4 is 11.4 Å². The van der Waals surface area contributed by atoms with Gasteiger partial charge in [0, 0.05) is 25.7 Å². The summed E-state index contributed by atoms with van der Waals surface area (Å²) in [6.45, 7) is 4.62. The quantitative estimate of drug-likeness (QED) is 0.606. The molecule has 0 spiro atoms. The highest BCUT2D eigenvalue weighted by Gasteiger charge is 2.27. The third kappa shape index (κ3) is 4.92. The third-order valence-corrected chi connectivity index (χ3v) is 6.79. The lowest BCUT2D eigenvalue weighted by molar-refractivity contribution is 0.324. The molecule has 1 fully saturated rings. The van der Waals surface area contributed by atoms with Crippen LogP contribution in [0, 0.1) is 18.3 Å². The number of nitrogens with one attached hydrogen (secondary N) is 1. The van der Waals surface area contributed by atoms with Crippen LogP contribution in [0.1, 0.15) is 23.1 Å². The van der Waals surface area contributed by atoms with E-state index in [1.54, 1.807) is 6.07 Å². The van der Waals surface area contributed by atoms with Crippen molar-refractivity contribution in [3.8, 4) is 17.2 Å². The van der Waals surface area contributed by atoms with E-state index in [-0.39, 0.29) is 6.04 Å². The number of hydrogen-bond donors (Lipinski definition) is 1. The molecule has 30 heavy (non-hydrogen) atoms. The minimum atomic E-state index is -1.31. The summed E-state index contributed by atoms with van der Waals surface area (Å²) in [7, 11) is 0. The van der Waals surface area contributed by atoms with Crippen LogP contribution in [0.15, 0.2) is 77.7 Å². The summed E-state index contributed by atoms with van der Waals surface area (Å²) in [5.41, 5.74) is 5.23. The topological polar surface area (TPSA) is 62.1 Å². The van der Waals surface area contributed by atoms with Crippen LogP contribution in [0.2, 0.25) is 0 Å². The first-order valence-electron chi connectivity index (χ1n) is 10.2. The van der Waals surface area contributed by atoms with Crippen molar-refractivity contribution < 1.29 is 4.55 Å². The van der Waals surface area contributed by atoms with Gasteiger partial charge in [0.1, 0.15) is 0 Å². The molecule has 1 N–H and O–H groups in total. The Morgan fingerprint density at radius 2 is 1.80 bits per heavy atom. The maximum Gasteiger partial charge on any atom is 0.175 e. The molecule has 0 radical (unpaired) electrons. The van der Waals surface area contributed by atoms with Crippen LogP contribution < -0.4 is 4.72 Å². The largest absolute Gasteiger partial charge is 0.593 e. The van der Waals surface area contributed by atoms with Gasteiger partial charge in [0.25, 0.3) is 0 Å². The van der Waals surface area contributed by atoms with Crippen molar-refractivity contribution in [2.75, 3.05) is 13.1 Å². The van der Waals surface area contributed by atoms with Gasteiger partial charge >= 0.3 is 0 Å². The number of rotatable bonds is 6. The van der Waals surface area contributed by atoms with E-state index < -0.39 is 11.4 Å². The van der Waals surface area contributed by atoms with Crippen LogP contribution in [-0.4, -0.2) is 28.6 Å². The van der Waals surface area contributed by atoms with Gasteiger partial charge in [-0.25, -0.2) is 0 Å². The monoisotopic (exact) mass is 415 g/mol. The van der Waals surface area contributed by atoms with E-state index in [2.05, 4.69) is 64.2 Å². The van der Waals surface area contributed by atoms with E-state index in [9.17, 15) is 9.81 Å². The van der Waals surface area contributed by atoms with Crippen LogP contribution in [0.3, 0.4) is 0 Å². The molecule has 5 heteroatoms. The number of hydrogen-bond acceptors (Lipinski definition) is 4. The summed E-state index contributed by atoms with van der Waals surface area (Å²) in [5.74, 6) is 0. The fraction of sp³-hybridized carbons (Fsp3) is 0.240. The zero-order valence-electron chi connectivity index (χ0n) is 17.0. The van der Waals surface area contributed by atoms with Crippen molar-refractivity contribution in [2.45, 2.75) is 30.8 Å². The van der Waals surface area contributed by atoms with Crippen molar-refractivity contribution in [1.29, 1.82) is 5.26 Å². The Bertz CT molecular complexity index is 1030. The van der Waals surface area contributed by atoms with Gasteiger partial charge in [-0.1, -0.05) is 60.7 Å². The first-order valence-corrected chi connectivity index (χ1v) is 11.3. The summed E-state index contributed by atoms with van der Waals surface area (Å²) < 4.78 is 15.9. The van der Waals surface area contributed by atoms with Crippen LogP contribution in [0.25, 0.3) is 11.1 Å². The summed E-state index contributed by atoms with van der Waals surface area (Å²) >= 11 is -1.31. The Balaban J connectivity index is 1.32. The number of nitrogens with zero attached hydrogens (tertiary/aromatic N) is 2. The molecular formula is C25H25N3OS. The summed E-state index contributed by atoms with van der Waals surface area (Å²) in [6, 6.07) is 26.9. The molecule has 1 unspecified atom stereocenters. The van der Waals surface area contributed by atoms with Gasteiger partial charge in [0.2, 0.25) is 0 Å². The molecule has 3 aromatic rings. The molecule has 0 saturated carbocycles. The maximum absolute atomic E-state index is 12.7. The van der Waals surface area contributed by atoms with E-state index in [4.69, 9.17) is 0 Å². The molecule has 0 amide bonds. The average Bonchev–Trinajstić information content (AvgIpc) is 3.21. The van der Waals surface area contributed by atoms with Gasteiger partial charge < -0.3 is 4.55 Å². The second-order valence-electron chi connectivity index (χ2n) is 7.76. The summed E-state index contributed by atoms with van der Waals surface area (Å²) in [5, 5.41) is 9.19. The molecule has 1 saturated heterocycles. The molecule has 2 atom stereocenters. The smallest absolute Gasteiger partial charge is 0.175 e. The minimum Gasteiger partial charge on any atom is -0.593 e. The number of nitriles is 1. The fourth-order valence-electron chi connectivity index (χ4n) is 3.82. The average molecular weight is 416 g/mol. The molecule has 1 heterocycles. The summed E-state index contributed by atoms with van der Waals surface area (Å²) in [4.78, 5) is 3.05. The number of likely N-dealkylation sites (tertiary alicyclic amines) is 1. The molecule has 1 aliphatic rings. The van der Waals surface area contributed by atoms with Gasteiger partial charge in [-0.2, -0.15) is 5.26 Å². The van der Waals surface area contributed by atoms with Gasteiger partial charge in [-0.15, -0.1) is 4.72 Å². The van der Waals surface area contributed by atoms with Crippen molar-refractivity contribution in [1.82, 2.24) is 9.62 Å². The zero-order chi connectivity index (χ0) is 20.9. The maximum atomic E-state index is 12.7. The highest BCUT2D eigenvalue weighted by molar-refractivity contribution is 7.89. The molecule has 3 aromatic carbocycles. The van der Waals surface area contributed by atoms with Crippen LogP contribution in [-0.2, 0) is 17.9 Å². The lowest BCUT2D eigenvalue weighted by atomic mass is 10.0. The standard InChI is InChI=1S/C25H25N3OS/c1-19-7-12-25(15-23(19)16-26)30(29)27-24-13-14-28(18-24)17-20-8-10-22(11-9-20)21-5-3-2-4-6-21/h2-12,15,24,27H,13-14,17-18H2,1H3/t24-,30?/m1/s1. The normalized spacial score (nSPS) is 17.6. The summed E-state index contributed by atoms with van der Waals surface area (Å²) in [6.07, 6.45) is 0.963. The molecule has 152 valence electrons. The number of aryl methyl sites for hydroxylation is 1. The molecule has 0 bridgehead atoms. The first-order chi connectivity index (χ1) is 14.6. The number of benzene rings is 3. The molecule has 1 aliphatic heterocycles. The van der Waals surface area contributed by atoms with Gasteiger partial charge in [-0.05, 0) is 41.7 Å². The molecule has 4 nitrogen and oxygen atoms in total. The molecular weight excluding hydrogens is 390 g/mol. The first kappa shape index (κ1) is 20.6.